The standard InChI is InChI=1S/C11H8ClNO4/c12-8-3-1-2-7(4-8)6-16-10-5-9(11(14)15)17-13-10/h1-5H,6H2,(H,14,15). The molecule has 2 aromatic rings. The van der Waals surface area contributed by atoms with E-state index in [9.17, 15) is 4.79 Å². The number of aromatic nitrogens is 1. The summed E-state index contributed by atoms with van der Waals surface area (Å²) in [6.07, 6.45) is 0. The Morgan fingerprint density at radius 1 is 1.47 bits per heavy atom. The van der Waals surface area contributed by atoms with E-state index in [1.165, 1.54) is 6.07 Å². The maximum Gasteiger partial charge on any atom is 0.374 e. The van der Waals surface area contributed by atoms with Crippen LogP contribution >= 0.6 is 11.6 Å². The first kappa shape index (κ1) is 11.5. The second-order valence-corrected chi connectivity index (χ2v) is 3.69. The Balaban J connectivity index is 2.00. The molecular weight excluding hydrogens is 246 g/mol. The molecule has 1 heterocycles. The van der Waals surface area contributed by atoms with Gasteiger partial charge in [0.2, 0.25) is 5.76 Å². The molecule has 17 heavy (non-hydrogen) atoms. The van der Waals surface area contributed by atoms with Gasteiger partial charge in [0.05, 0.1) is 6.07 Å². The van der Waals surface area contributed by atoms with Crippen LogP contribution in [0.3, 0.4) is 0 Å². The Labute approximate surface area is 102 Å². The normalized spacial score (nSPS) is 10.2. The third-order valence-corrected chi connectivity index (χ3v) is 2.21. The molecule has 0 saturated carbocycles. The van der Waals surface area contributed by atoms with E-state index in [2.05, 4.69) is 9.68 Å². The number of nitrogens with zero attached hydrogens (tertiary/aromatic N) is 1. The summed E-state index contributed by atoms with van der Waals surface area (Å²) in [6.45, 7) is 0.242. The van der Waals surface area contributed by atoms with Crippen LogP contribution in [0.1, 0.15) is 16.1 Å². The van der Waals surface area contributed by atoms with Crippen LogP contribution in [0.2, 0.25) is 5.02 Å². The van der Waals surface area contributed by atoms with Crippen molar-refractivity contribution in [2.24, 2.45) is 0 Å². The third kappa shape index (κ3) is 2.98. The van der Waals surface area contributed by atoms with Crippen LogP contribution in [0.4, 0.5) is 0 Å². The minimum atomic E-state index is -1.19. The zero-order valence-corrected chi connectivity index (χ0v) is 9.35. The van der Waals surface area contributed by atoms with E-state index in [0.29, 0.717) is 5.02 Å². The monoisotopic (exact) mass is 253 g/mol. The molecule has 0 spiro atoms. The van der Waals surface area contributed by atoms with E-state index in [1.807, 2.05) is 6.07 Å². The van der Waals surface area contributed by atoms with Gasteiger partial charge in [-0.05, 0) is 22.9 Å². The summed E-state index contributed by atoms with van der Waals surface area (Å²) < 4.78 is 9.79. The number of hydrogen-bond acceptors (Lipinski definition) is 4. The van der Waals surface area contributed by atoms with Crippen molar-refractivity contribution in [3.05, 3.63) is 46.7 Å². The van der Waals surface area contributed by atoms with Crippen molar-refractivity contribution < 1.29 is 19.2 Å². The lowest BCUT2D eigenvalue weighted by Crippen LogP contribution is -1.95. The number of benzene rings is 1. The molecule has 6 heteroatoms. The summed E-state index contributed by atoms with van der Waals surface area (Å²) in [6, 6.07) is 8.35. The minimum absolute atomic E-state index is 0.127. The van der Waals surface area contributed by atoms with E-state index in [4.69, 9.17) is 21.4 Å². The van der Waals surface area contributed by atoms with Crippen LogP contribution in [-0.4, -0.2) is 16.2 Å². The third-order valence-electron chi connectivity index (χ3n) is 1.98. The Hall–Kier alpha value is -2.01. The Kier molecular flexibility index (Phi) is 3.30. The van der Waals surface area contributed by atoms with Gasteiger partial charge in [0.15, 0.2) is 0 Å². The Morgan fingerprint density at radius 3 is 2.94 bits per heavy atom. The maximum absolute atomic E-state index is 10.5. The van der Waals surface area contributed by atoms with Gasteiger partial charge in [-0.2, -0.15) is 0 Å². The van der Waals surface area contributed by atoms with E-state index in [1.54, 1.807) is 18.2 Å². The van der Waals surface area contributed by atoms with Gasteiger partial charge in [0, 0.05) is 5.02 Å². The summed E-state index contributed by atoms with van der Waals surface area (Å²) in [4.78, 5) is 10.5. The molecule has 1 aromatic heterocycles. The molecule has 1 aromatic carbocycles. The van der Waals surface area contributed by atoms with Crippen molar-refractivity contribution in [2.45, 2.75) is 6.61 Å². The Morgan fingerprint density at radius 2 is 2.29 bits per heavy atom. The summed E-state index contributed by atoms with van der Waals surface area (Å²) in [7, 11) is 0. The lowest BCUT2D eigenvalue weighted by molar-refractivity contribution is 0.0651. The number of carboxylic acids is 1. The molecule has 88 valence electrons. The van der Waals surface area contributed by atoms with Crippen LogP contribution in [0, 0.1) is 0 Å². The van der Waals surface area contributed by atoms with Gasteiger partial charge in [-0.3, -0.25) is 0 Å². The fraction of sp³-hybridized carbons (Fsp3) is 0.0909. The highest BCUT2D eigenvalue weighted by molar-refractivity contribution is 6.30. The number of carboxylic acid groups (broad SMARTS) is 1. The smallest absolute Gasteiger partial charge is 0.374 e. The molecule has 1 N–H and O–H groups in total. The van der Waals surface area contributed by atoms with E-state index >= 15 is 0 Å². The summed E-state index contributed by atoms with van der Waals surface area (Å²) in [5.41, 5.74) is 0.859. The lowest BCUT2D eigenvalue weighted by atomic mass is 10.2. The van der Waals surface area contributed by atoms with Gasteiger partial charge in [-0.15, -0.1) is 0 Å². The molecule has 0 saturated heterocycles. The molecule has 5 nitrogen and oxygen atoms in total. The number of hydrogen-bond donors (Lipinski definition) is 1. The topological polar surface area (TPSA) is 72.6 Å². The van der Waals surface area contributed by atoms with Gasteiger partial charge in [-0.25, -0.2) is 4.79 Å². The molecule has 0 radical (unpaired) electrons. The quantitative estimate of drug-likeness (QED) is 0.907. The molecule has 2 rings (SSSR count). The first-order chi connectivity index (χ1) is 8.15. The molecule has 0 aliphatic heterocycles. The summed E-state index contributed by atoms with van der Waals surface area (Å²) in [5, 5.41) is 12.7. The number of ether oxygens (including phenoxy) is 1. The highest BCUT2D eigenvalue weighted by Crippen LogP contribution is 2.15. The Bertz CT molecular complexity index is 538. The van der Waals surface area contributed by atoms with Crippen LogP contribution in [0.15, 0.2) is 34.9 Å². The van der Waals surface area contributed by atoms with Crippen LogP contribution in [0.25, 0.3) is 0 Å². The molecule has 0 aliphatic rings. The van der Waals surface area contributed by atoms with Crippen LogP contribution in [0.5, 0.6) is 5.88 Å². The number of rotatable bonds is 4. The molecule has 0 bridgehead atoms. The zero-order valence-electron chi connectivity index (χ0n) is 8.59. The minimum Gasteiger partial charge on any atom is -0.475 e. The van der Waals surface area contributed by atoms with Gasteiger partial charge in [-0.1, -0.05) is 23.7 Å². The van der Waals surface area contributed by atoms with Crippen LogP contribution in [-0.2, 0) is 6.61 Å². The highest BCUT2D eigenvalue weighted by atomic mass is 35.5. The van der Waals surface area contributed by atoms with Crippen molar-refractivity contribution in [1.82, 2.24) is 5.16 Å². The largest absolute Gasteiger partial charge is 0.475 e. The average molecular weight is 254 g/mol. The average Bonchev–Trinajstić information content (AvgIpc) is 2.75. The molecule has 0 amide bonds. The van der Waals surface area contributed by atoms with Crippen molar-refractivity contribution in [1.29, 1.82) is 0 Å². The molecule has 0 unspecified atom stereocenters. The predicted octanol–water partition coefficient (Wildman–Crippen LogP) is 2.61. The van der Waals surface area contributed by atoms with Crippen molar-refractivity contribution in [3.63, 3.8) is 0 Å². The number of halogens is 1. The maximum atomic E-state index is 10.5. The first-order valence-electron chi connectivity index (χ1n) is 4.72. The SMILES string of the molecule is O=C(O)c1cc(OCc2cccc(Cl)c2)no1. The highest BCUT2D eigenvalue weighted by Gasteiger charge is 2.11. The van der Waals surface area contributed by atoms with Gasteiger partial charge in [0.25, 0.3) is 5.88 Å². The fourth-order valence-corrected chi connectivity index (χ4v) is 1.42. The lowest BCUT2D eigenvalue weighted by Gasteiger charge is -2.01. The van der Waals surface area contributed by atoms with E-state index in [0.717, 1.165) is 5.56 Å². The van der Waals surface area contributed by atoms with Crippen molar-refractivity contribution in [2.75, 3.05) is 0 Å². The molecule has 0 atom stereocenters. The van der Waals surface area contributed by atoms with Crippen molar-refractivity contribution in [3.8, 4) is 5.88 Å². The summed E-state index contributed by atoms with van der Waals surface area (Å²) in [5.74, 6) is -1.32. The predicted molar refractivity (Wildman–Crippen MR) is 59.2 cm³/mol. The fourth-order valence-electron chi connectivity index (χ4n) is 1.21. The zero-order chi connectivity index (χ0) is 12.3. The van der Waals surface area contributed by atoms with Gasteiger partial charge < -0.3 is 14.4 Å². The first-order valence-corrected chi connectivity index (χ1v) is 5.10. The summed E-state index contributed by atoms with van der Waals surface area (Å²) >= 11 is 5.80. The number of aromatic carboxylic acids is 1. The second kappa shape index (κ2) is 4.88. The number of carbonyl (C=O) groups is 1. The second-order valence-electron chi connectivity index (χ2n) is 3.25. The van der Waals surface area contributed by atoms with E-state index in [-0.39, 0.29) is 18.2 Å². The van der Waals surface area contributed by atoms with Gasteiger partial charge in [0.1, 0.15) is 6.61 Å². The molecule has 0 fully saturated rings. The van der Waals surface area contributed by atoms with Crippen molar-refractivity contribution >= 4 is 17.6 Å². The molecular formula is C11H8ClNO4. The van der Waals surface area contributed by atoms with E-state index < -0.39 is 5.97 Å². The van der Waals surface area contributed by atoms with Gasteiger partial charge >= 0.3 is 5.97 Å². The van der Waals surface area contributed by atoms with Crippen LogP contribution < -0.4 is 4.74 Å². The molecule has 0 aliphatic carbocycles.